The van der Waals surface area contributed by atoms with Gasteiger partial charge in [-0.05, 0) is 30.3 Å². The number of carbonyl (C=O) groups is 2. The fourth-order valence-electron chi connectivity index (χ4n) is 3.32. The lowest BCUT2D eigenvalue weighted by molar-refractivity contribution is -0.137. The summed E-state index contributed by atoms with van der Waals surface area (Å²) in [6.07, 6.45) is -4.52. The molecular weight excluding hydrogens is 429 g/mol. The number of morpholine rings is 1. The summed E-state index contributed by atoms with van der Waals surface area (Å²) in [6.45, 7) is 1.03. The number of rotatable bonds is 5. The van der Waals surface area contributed by atoms with Crippen molar-refractivity contribution in [3.63, 3.8) is 0 Å². The standard InChI is InChI=1S/C22H19F3N2O5/c23-22(24,25)14-4-3-5-15(12-14)31-13-18(28)26-19-16-6-1-2-7-17(16)32-20(19)21(29)27-8-10-30-11-9-27/h1-7,12H,8-11,13H2,(H,26,28). The van der Waals surface area contributed by atoms with Crippen molar-refractivity contribution in [1.29, 1.82) is 0 Å². The average Bonchev–Trinajstić information content (AvgIpc) is 3.16. The lowest BCUT2D eigenvalue weighted by atomic mass is 10.2. The Morgan fingerprint density at radius 2 is 1.81 bits per heavy atom. The lowest BCUT2D eigenvalue weighted by Gasteiger charge is -2.26. The summed E-state index contributed by atoms with van der Waals surface area (Å²) in [5, 5.41) is 3.13. The predicted molar refractivity (Wildman–Crippen MR) is 109 cm³/mol. The number of para-hydroxylation sites is 1. The molecule has 1 fully saturated rings. The Morgan fingerprint density at radius 3 is 2.56 bits per heavy atom. The van der Waals surface area contributed by atoms with Crippen LogP contribution in [-0.4, -0.2) is 49.6 Å². The van der Waals surface area contributed by atoms with E-state index in [0.717, 1.165) is 12.1 Å². The van der Waals surface area contributed by atoms with Crippen LogP contribution in [0.1, 0.15) is 16.1 Å². The zero-order valence-electron chi connectivity index (χ0n) is 16.8. The molecule has 2 aromatic carbocycles. The minimum Gasteiger partial charge on any atom is -0.484 e. The molecule has 32 heavy (non-hydrogen) atoms. The fourth-order valence-corrected chi connectivity index (χ4v) is 3.32. The Hall–Kier alpha value is -3.53. The van der Waals surface area contributed by atoms with Crippen LogP contribution in [0.5, 0.6) is 5.75 Å². The topological polar surface area (TPSA) is 81.0 Å². The summed E-state index contributed by atoms with van der Waals surface area (Å²) in [7, 11) is 0. The van der Waals surface area contributed by atoms with E-state index in [2.05, 4.69) is 5.32 Å². The molecule has 0 aliphatic carbocycles. The number of carbonyl (C=O) groups excluding carboxylic acids is 2. The van der Waals surface area contributed by atoms with Gasteiger partial charge in [-0.1, -0.05) is 18.2 Å². The van der Waals surface area contributed by atoms with Crippen LogP contribution in [0.3, 0.4) is 0 Å². The van der Waals surface area contributed by atoms with Gasteiger partial charge in [-0.3, -0.25) is 9.59 Å². The maximum absolute atomic E-state index is 13.0. The van der Waals surface area contributed by atoms with Crippen LogP contribution >= 0.6 is 0 Å². The van der Waals surface area contributed by atoms with E-state index >= 15 is 0 Å². The molecule has 1 saturated heterocycles. The summed E-state index contributed by atoms with van der Waals surface area (Å²) in [4.78, 5) is 27.1. The van der Waals surface area contributed by atoms with E-state index in [0.29, 0.717) is 37.3 Å². The minimum absolute atomic E-state index is 0.0273. The van der Waals surface area contributed by atoms with Crippen LogP contribution < -0.4 is 10.1 Å². The summed E-state index contributed by atoms with van der Waals surface area (Å²) in [5.41, 5.74) is -0.275. The van der Waals surface area contributed by atoms with E-state index in [1.54, 1.807) is 29.2 Å². The molecule has 10 heteroatoms. The number of hydrogen-bond acceptors (Lipinski definition) is 5. The third-order valence-electron chi connectivity index (χ3n) is 4.88. The number of fused-ring (bicyclic) bond motifs is 1. The Bertz CT molecular complexity index is 1140. The number of benzene rings is 2. The fraction of sp³-hybridized carbons (Fsp3) is 0.273. The highest BCUT2D eigenvalue weighted by molar-refractivity contribution is 6.11. The smallest absolute Gasteiger partial charge is 0.416 e. The number of anilines is 1. The zero-order valence-corrected chi connectivity index (χ0v) is 16.8. The first-order chi connectivity index (χ1) is 15.3. The molecule has 168 valence electrons. The summed E-state index contributed by atoms with van der Waals surface area (Å²) >= 11 is 0. The highest BCUT2D eigenvalue weighted by Crippen LogP contribution is 2.33. The number of ether oxygens (including phenoxy) is 2. The van der Waals surface area contributed by atoms with Crippen LogP contribution in [0.15, 0.2) is 52.9 Å². The Morgan fingerprint density at radius 1 is 1.06 bits per heavy atom. The number of furan rings is 1. The molecule has 0 unspecified atom stereocenters. The molecule has 1 aliphatic rings. The van der Waals surface area contributed by atoms with E-state index in [-0.39, 0.29) is 17.2 Å². The Balaban J connectivity index is 1.52. The summed E-state index contributed by atoms with van der Waals surface area (Å²) in [6, 6.07) is 11.1. The average molecular weight is 448 g/mol. The monoisotopic (exact) mass is 448 g/mol. The molecule has 2 heterocycles. The van der Waals surface area contributed by atoms with Crippen molar-refractivity contribution < 1.29 is 36.7 Å². The van der Waals surface area contributed by atoms with Gasteiger partial charge in [0, 0.05) is 18.5 Å². The predicted octanol–water partition coefficient (Wildman–Crippen LogP) is 3.94. The minimum atomic E-state index is -4.52. The quantitative estimate of drug-likeness (QED) is 0.640. The van der Waals surface area contributed by atoms with Crippen molar-refractivity contribution >= 4 is 28.5 Å². The molecule has 1 aromatic heterocycles. The zero-order chi connectivity index (χ0) is 22.7. The molecule has 2 amide bonds. The van der Waals surface area contributed by atoms with Crippen molar-refractivity contribution in [1.82, 2.24) is 4.90 Å². The maximum Gasteiger partial charge on any atom is 0.416 e. The number of hydrogen-bond donors (Lipinski definition) is 1. The van der Waals surface area contributed by atoms with Crippen LogP contribution in [0.25, 0.3) is 11.0 Å². The van der Waals surface area contributed by atoms with Gasteiger partial charge < -0.3 is 24.1 Å². The molecule has 0 spiro atoms. The number of alkyl halides is 3. The van der Waals surface area contributed by atoms with E-state index in [1.165, 1.54) is 12.1 Å². The first-order valence-electron chi connectivity index (χ1n) is 9.81. The van der Waals surface area contributed by atoms with Gasteiger partial charge in [0.1, 0.15) is 17.0 Å². The molecule has 3 aromatic rings. The Labute approximate surface area is 180 Å². The maximum atomic E-state index is 13.0. The van der Waals surface area contributed by atoms with Gasteiger partial charge in [0.15, 0.2) is 6.61 Å². The molecule has 0 saturated carbocycles. The first kappa shape index (κ1) is 21.7. The lowest BCUT2D eigenvalue weighted by Crippen LogP contribution is -2.40. The Kier molecular flexibility index (Phi) is 6.04. The van der Waals surface area contributed by atoms with Gasteiger partial charge in [0.2, 0.25) is 5.76 Å². The molecule has 7 nitrogen and oxygen atoms in total. The number of amides is 2. The van der Waals surface area contributed by atoms with Gasteiger partial charge in [-0.25, -0.2) is 0 Å². The molecule has 4 rings (SSSR count). The number of nitrogens with one attached hydrogen (secondary N) is 1. The third-order valence-corrected chi connectivity index (χ3v) is 4.88. The van der Waals surface area contributed by atoms with E-state index in [9.17, 15) is 22.8 Å². The van der Waals surface area contributed by atoms with Crippen molar-refractivity contribution in [2.24, 2.45) is 0 Å². The molecular formula is C22H19F3N2O5. The normalized spacial score (nSPS) is 14.4. The van der Waals surface area contributed by atoms with E-state index < -0.39 is 30.2 Å². The first-order valence-corrected chi connectivity index (χ1v) is 9.81. The van der Waals surface area contributed by atoms with Crippen molar-refractivity contribution in [3.8, 4) is 5.75 Å². The highest BCUT2D eigenvalue weighted by Gasteiger charge is 2.31. The summed E-state index contributed by atoms with van der Waals surface area (Å²) in [5.74, 6) is -1.17. The van der Waals surface area contributed by atoms with Gasteiger partial charge in [0.05, 0.1) is 18.8 Å². The van der Waals surface area contributed by atoms with Crippen LogP contribution in [0.2, 0.25) is 0 Å². The van der Waals surface area contributed by atoms with E-state index in [4.69, 9.17) is 13.9 Å². The molecule has 1 aliphatic heterocycles. The second kappa shape index (κ2) is 8.91. The van der Waals surface area contributed by atoms with E-state index in [1.807, 2.05) is 0 Å². The SMILES string of the molecule is O=C(COc1cccc(C(F)(F)F)c1)Nc1c(C(=O)N2CCOCC2)oc2ccccc12. The van der Waals surface area contributed by atoms with Gasteiger partial charge in [-0.15, -0.1) is 0 Å². The van der Waals surface area contributed by atoms with Gasteiger partial charge >= 0.3 is 6.18 Å². The third kappa shape index (κ3) is 4.70. The largest absolute Gasteiger partial charge is 0.484 e. The number of halogens is 3. The van der Waals surface area contributed by atoms with Crippen LogP contribution in [0, 0.1) is 0 Å². The molecule has 1 N–H and O–H groups in total. The summed E-state index contributed by atoms with van der Waals surface area (Å²) < 4.78 is 54.8. The van der Waals surface area contributed by atoms with Crippen molar-refractivity contribution in [2.45, 2.75) is 6.18 Å². The van der Waals surface area contributed by atoms with Gasteiger partial charge in [0.25, 0.3) is 11.8 Å². The van der Waals surface area contributed by atoms with Crippen molar-refractivity contribution in [3.05, 3.63) is 59.9 Å². The second-order valence-corrected chi connectivity index (χ2v) is 7.07. The van der Waals surface area contributed by atoms with Crippen molar-refractivity contribution in [2.75, 3.05) is 38.2 Å². The van der Waals surface area contributed by atoms with Crippen LogP contribution in [0.4, 0.5) is 18.9 Å². The number of nitrogens with zero attached hydrogens (tertiary/aromatic N) is 1. The molecule has 0 radical (unpaired) electrons. The van der Waals surface area contributed by atoms with Gasteiger partial charge in [-0.2, -0.15) is 13.2 Å². The highest BCUT2D eigenvalue weighted by atomic mass is 19.4. The molecule has 0 bridgehead atoms. The van der Waals surface area contributed by atoms with Crippen LogP contribution in [-0.2, 0) is 15.7 Å². The second-order valence-electron chi connectivity index (χ2n) is 7.07. The molecule has 0 atom stereocenters.